The Kier molecular flexibility index (Phi) is 4.31. The molecule has 2 aliphatic rings. The third-order valence-electron chi connectivity index (χ3n) is 4.91. The van der Waals surface area contributed by atoms with Crippen LogP contribution in [0.1, 0.15) is 52.4 Å². The Labute approximate surface area is 111 Å². The standard InChI is InChI=1S/C15H28N2O/c1-15(2)9-5-4-8-13(15)14(18)17-10-6-7-12(17)11-16-3/h12-13,16H,4-11H2,1-3H3. The molecule has 1 aliphatic heterocycles. The number of hydrogen-bond donors (Lipinski definition) is 1. The van der Waals surface area contributed by atoms with E-state index in [0.717, 1.165) is 19.5 Å². The van der Waals surface area contributed by atoms with Crippen LogP contribution in [0.5, 0.6) is 0 Å². The van der Waals surface area contributed by atoms with Crippen LogP contribution in [0, 0.1) is 11.3 Å². The van der Waals surface area contributed by atoms with Crippen LogP contribution in [0.25, 0.3) is 0 Å². The van der Waals surface area contributed by atoms with Gasteiger partial charge in [-0.15, -0.1) is 0 Å². The number of likely N-dealkylation sites (N-methyl/N-ethyl adjacent to an activating group) is 1. The lowest BCUT2D eigenvalue weighted by Crippen LogP contribution is -2.47. The Morgan fingerprint density at radius 3 is 2.72 bits per heavy atom. The van der Waals surface area contributed by atoms with Gasteiger partial charge in [0.1, 0.15) is 0 Å². The van der Waals surface area contributed by atoms with E-state index in [1.54, 1.807) is 0 Å². The third kappa shape index (κ3) is 2.71. The molecule has 2 fully saturated rings. The van der Waals surface area contributed by atoms with Crippen molar-refractivity contribution >= 4 is 5.91 Å². The van der Waals surface area contributed by atoms with Gasteiger partial charge >= 0.3 is 0 Å². The highest BCUT2D eigenvalue weighted by molar-refractivity contribution is 5.80. The molecule has 1 saturated heterocycles. The summed E-state index contributed by atoms with van der Waals surface area (Å²) in [7, 11) is 1.98. The molecule has 0 bridgehead atoms. The molecule has 1 heterocycles. The smallest absolute Gasteiger partial charge is 0.226 e. The van der Waals surface area contributed by atoms with Gasteiger partial charge in [0.05, 0.1) is 0 Å². The van der Waals surface area contributed by atoms with Crippen molar-refractivity contribution in [2.24, 2.45) is 11.3 Å². The first-order valence-electron chi connectivity index (χ1n) is 7.51. The van der Waals surface area contributed by atoms with Crippen molar-refractivity contribution in [2.45, 2.75) is 58.4 Å². The molecule has 2 rings (SSSR count). The van der Waals surface area contributed by atoms with Gasteiger partial charge < -0.3 is 10.2 Å². The third-order valence-corrected chi connectivity index (χ3v) is 4.91. The van der Waals surface area contributed by atoms with Gasteiger partial charge in [-0.3, -0.25) is 4.79 Å². The summed E-state index contributed by atoms with van der Waals surface area (Å²) in [5, 5.41) is 3.22. The molecule has 0 aromatic rings. The zero-order valence-electron chi connectivity index (χ0n) is 12.2. The van der Waals surface area contributed by atoms with Crippen LogP contribution in [0.2, 0.25) is 0 Å². The van der Waals surface area contributed by atoms with E-state index in [4.69, 9.17) is 0 Å². The molecule has 18 heavy (non-hydrogen) atoms. The largest absolute Gasteiger partial charge is 0.338 e. The van der Waals surface area contributed by atoms with Gasteiger partial charge in [0.2, 0.25) is 5.91 Å². The second-order valence-corrected chi connectivity index (χ2v) is 6.67. The highest BCUT2D eigenvalue weighted by Crippen LogP contribution is 2.42. The SMILES string of the molecule is CNCC1CCCN1C(=O)C1CCCCC1(C)C. The number of nitrogens with zero attached hydrogens (tertiary/aromatic N) is 1. The highest BCUT2D eigenvalue weighted by Gasteiger charge is 2.41. The minimum absolute atomic E-state index is 0.197. The molecule has 2 atom stereocenters. The molecule has 3 heteroatoms. The summed E-state index contributed by atoms with van der Waals surface area (Å²) >= 11 is 0. The fourth-order valence-electron chi connectivity index (χ4n) is 3.73. The number of amides is 1. The van der Waals surface area contributed by atoms with Crippen LogP contribution >= 0.6 is 0 Å². The second kappa shape index (κ2) is 5.60. The van der Waals surface area contributed by atoms with Crippen LogP contribution in [0.4, 0.5) is 0 Å². The quantitative estimate of drug-likeness (QED) is 0.836. The van der Waals surface area contributed by atoms with Gasteiger partial charge in [0.25, 0.3) is 0 Å². The molecule has 1 aliphatic carbocycles. The lowest BCUT2D eigenvalue weighted by atomic mass is 9.68. The Hall–Kier alpha value is -0.570. The van der Waals surface area contributed by atoms with E-state index in [2.05, 4.69) is 24.1 Å². The maximum atomic E-state index is 12.8. The Morgan fingerprint density at radius 1 is 1.28 bits per heavy atom. The number of carbonyl (C=O) groups is 1. The maximum Gasteiger partial charge on any atom is 0.226 e. The van der Waals surface area contributed by atoms with Crippen molar-refractivity contribution in [3.05, 3.63) is 0 Å². The number of nitrogens with one attached hydrogen (secondary N) is 1. The number of carbonyl (C=O) groups excluding carboxylic acids is 1. The van der Waals surface area contributed by atoms with Crippen LogP contribution in [0.3, 0.4) is 0 Å². The summed E-state index contributed by atoms with van der Waals surface area (Å²) in [6, 6.07) is 0.431. The molecule has 0 radical (unpaired) electrons. The number of likely N-dealkylation sites (tertiary alicyclic amines) is 1. The summed E-state index contributed by atoms with van der Waals surface area (Å²) in [6.07, 6.45) is 7.15. The van der Waals surface area contributed by atoms with Crippen molar-refractivity contribution in [2.75, 3.05) is 20.1 Å². The van der Waals surface area contributed by atoms with Gasteiger partial charge in [-0.2, -0.15) is 0 Å². The lowest BCUT2D eigenvalue weighted by molar-refractivity contribution is -0.141. The first-order chi connectivity index (χ1) is 8.56. The molecule has 1 saturated carbocycles. The second-order valence-electron chi connectivity index (χ2n) is 6.67. The van der Waals surface area contributed by atoms with Gasteiger partial charge in [-0.05, 0) is 38.1 Å². The highest BCUT2D eigenvalue weighted by atomic mass is 16.2. The van der Waals surface area contributed by atoms with Crippen molar-refractivity contribution in [1.82, 2.24) is 10.2 Å². The summed E-state index contributed by atoms with van der Waals surface area (Å²) in [6.45, 7) is 6.46. The van der Waals surface area contributed by atoms with E-state index in [-0.39, 0.29) is 11.3 Å². The predicted molar refractivity (Wildman–Crippen MR) is 74.4 cm³/mol. The lowest BCUT2D eigenvalue weighted by Gasteiger charge is -2.40. The van der Waals surface area contributed by atoms with E-state index in [1.165, 1.54) is 32.1 Å². The molecule has 3 nitrogen and oxygen atoms in total. The van der Waals surface area contributed by atoms with Gasteiger partial charge in [0, 0.05) is 25.0 Å². The van der Waals surface area contributed by atoms with Crippen LogP contribution in [0.15, 0.2) is 0 Å². The molecular weight excluding hydrogens is 224 g/mol. The van der Waals surface area contributed by atoms with Gasteiger partial charge in [0.15, 0.2) is 0 Å². The minimum Gasteiger partial charge on any atom is -0.338 e. The van der Waals surface area contributed by atoms with Gasteiger partial charge in [-0.1, -0.05) is 26.7 Å². The minimum atomic E-state index is 0.197. The summed E-state index contributed by atoms with van der Waals surface area (Å²) in [5.41, 5.74) is 0.197. The average molecular weight is 252 g/mol. The van der Waals surface area contributed by atoms with Crippen molar-refractivity contribution in [3.63, 3.8) is 0 Å². The molecule has 0 aromatic heterocycles. The summed E-state index contributed by atoms with van der Waals surface area (Å²) in [4.78, 5) is 15.0. The first kappa shape index (κ1) is 13.9. The van der Waals surface area contributed by atoms with Crippen molar-refractivity contribution < 1.29 is 4.79 Å². The molecule has 104 valence electrons. The van der Waals surface area contributed by atoms with Crippen LogP contribution in [-0.2, 0) is 4.79 Å². The zero-order chi connectivity index (χ0) is 13.2. The molecule has 2 unspecified atom stereocenters. The van der Waals surface area contributed by atoms with Gasteiger partial charge in [-0.25, -0.2) is 0 Å². The molecule has 0 spiro atoms. The number of rotatable bonds is 3. The Morgan fingerprint density at radius 2 is 2.06 bits per heavy atom. The molecule has 1 N–H and O–H groups in total. The van der Waals surface area contributed by atoms with E-state index in [0.29, 0.717) is 11.9 Å². The van der Waals surface area contributed by atoms with E-state index >= 15 is 0 Å². The predicted octanol–water partition coefficient (Wildman–Crippen LogP) is 2.41. The molecule has 1 amide bonds. The monoisotopic (exact) mass is 252 g/mol. The van der Waals surface area contributed by atoms with E-state index < -0.39 is 0 Å². The number of hydrogen-bond acceptors (Lipinski definition) is 2. The normalized spacial score (nSPS) is 31.6. The van der Waals surface area contributed by atoms with Crippen molar-refractivity contribution in [1.29, 1.82) is 0 Å². The fraction of sp³-hybridized carbons (Fsp3) is 0.933. The zero-order valence-corrected chi connectivity index (χ0v) is 12.2. The average Bonchev–Trinajstić information content (AvgIpc) is 2.76. The Bertz CT molecular complexity index is 301. The summed E-state index contributed by atoms with van der Waals surface area (Å²) < 4.78 is 0. The maximum absolute atomic E-state index is 12.8. The summed E-state index contributed by atoms with van der Waals surface area (Å²) in [5.74, 6) is 0.682. The van der Waals surface area contributed by atoms with Crippen LogP contribution < -0.4 is 5.32 Å². The fourth-order valence-corrected chi connectivity index (χ4v) is 3.73. The van der Waals surface area contributed by atoms with Crippen LogP contribution in [-0.4, -0.2) is 37.0 Å². The van der Waals surface area contributed by atoms with Crippen molar-refractivity contribution in [3.8, 4) is 0 Å². The molecular formula is C15H28N2O. The Balaban J connectivity index is 2.05. The van der Waals surface area contributed by atoms with E-state index in [9.17, 15) is 4.79 Å². The van der Waals surface area contributed by atoms with E-state index in [1.807, 2.05) is 7.05 Å². The first-order valence-corrected chi connectivity index (χ1v) is 7.51. The molecule has 0 aromatic carbocycles. The topological polar surface area (TPSA) is 32.3 Å².